The van der Waals surface area contributed by atoms with Crippen LogP contribution in [-0.4, -0.2) is 24.0 Å². The summed E-state index contributed by atoms with van der Waals surface area (Å²) in [5.74, 6) is 0.841. The van der Waals surface area contributed by atoms with E-state index in [-0.39, 0.29) is 0 Å². The Morgan fingerprint density at radius 2 is 2.22 bits per heavy atom. The highest BCUT2D eigenvalue weighted by Gasteiger charge is 2.22. The Morgan fingerprint density at radius 3 is 2.33 bits per heavy atom. The highest BCUT2D eigenvalue weighted by molar-refractivity contribution is 4.78. The smallest absolute Gasteiger partial charge is 0.00792 e. The first-order chi connectivity index (χ1) is 4.20. The fourth-order valence-corrected chi connectivity index (χ4v) is 1.31. The Balaban J connectivity index is 2.13. The molecule has 1 fully saturated rings. The van der Waals surface area contributed by atoms with E-state index in [2.05, 4.69) is 25.7 Å². The van der Waals surface area contributed by atoms with Crippen molar-refractivity contribution in [2.75, 3.05) is 13.1 Å². The standard InChI is InChI=1S/C8H17N/c1-7(2)6-9-5-4-8(9)3/h7-8H,4-6H2,1-3H3. The van der Waals surface area contributed by atoms with E-state index in [4.69, 9.17) is 0 Å². The summed E-state index contributed by atoms with van der Waals surface area (Å²) in [6.07, 6.45) is 1.41. The predicted octanol–water partition coefficient (Wildman–Crippen LogP) is 1.74. The van der Waals surface area contributed by atoms with E-state index in [1.807, 2.05) is 0 Å². The molecule has 54 valence electrons. The Hall–Kier alpha value is -0.0400. The summed E-state index contributed by atoms with van der Waals surface area (Å²) in [4.78, 5) is 2.55. The number of hydrogen-bond donors (Lipinski definition) is 0. The molecule has 1 nitrogen and oxygen atoms in total. The van der Waals surface area contributed by atoms with Crippen LogP contribution >= 0.6 is 0 Å². The van der Waals surface area contributed by atoms with Crippen LogP contribution in [0.2, 0.25) is 0 Å². The molecule has 1 aliphatic rings. The molecule has 1 heterocycles. The number of rotatable bonds is 2. The Morgan fingerprint density at radius 1 is 1.56 bits per heavy atom. The third kappa shape index (κ3) is 1.68. The van der Waals surface area contributed by atoms with Crippen LogP contribution in [0, 0.1) is 5.92 Å². The summed E-state index contributed by atoms with van der Waals surface area (Å²) >= 11 is 0. The molecule has 0 amide bonds. The predicted molar refractivity (Wildman–Crippen MR) is 40.5 cm³/mol. The van der Waals surface area contributed by atoms with Crippen molar-refractivity contribution in [1.82, 2.24) is 4.90 Å². The lowest BCUT2D eigenvalue weighted by Gasteiger charge is -2.39. The molecule has 1 atom stereocenters. The molecule has 0 radical (unpaired) electrons. The lowest BCUT2D eigenvalue weighted by Crippen LogP contribution is -2.47. The van der Waals surface area contributed by atoms with Gasteiger partial charge < -0.3 is 4.90 Å². The van der Waals surface area contributed by atoms with Crippen molar-refractivity contribution in [3.8, 4) is 0 Å². The van der Waals surface area contributed by atoms with Crippen molar-refractivity contribution in [2.45, 2.75) is 33.2 Å². The number of nitrogens with zero attached hydrogens (tertiary/aromatic N) is 1. The van der Waals surface area contributed by atoms with Gasteiger partial charge in [0, 0.05) is 12.6 Å². The van der Waals surface area contributed by atoms with E-state index in [0.717, 1.165) is 12.0 Å². The van der Waals surface area contributed by atoms with Crippen LogP contribution in [0.4, 0.5) is 0 Å². The zero-order chi connectivity index (χ0) is 6.85. The van der Waals surface area contributed by atoms with Gasteiger partial charge in [0.05, 0.1) is 0 Å². The largest absolute Gasteiger partial charge is 0.300 e. The van der Waals surface area contributed by atoms with Crippen molar-refractivity contribution in [1.29, 1.82) is 0 Å². The van der Waals surface area contributed by atoms with Crippen LogP contribution in [-0.2, 0) is 0 Å². The van der Waals surface area contributed by atoms with E-state index in [1.165, 1.54) is 19.5 Å². The highest BCUT2D eigenvalue weighted by atomic mass is 15.2. The quantitative estimate of drug-likeness (QED) is 0.546. The SMILES string of the molecule is CC(C)CN1CCC1C. The summed E-state index contributed by atoms with van der Waals surface area (Å²) < 4.78 is 0. The van der Waals surface area contributed by atoms with Gasteiger partial charge in [-0.15, -0.1) is 0 Å². The molecule has 1 heteroatoms. The van der Waals surface area contributed by atoms with Crippen molar-refractivity contribution in [3.63, 3.8) is 0 Å². The van der Waals surface area contributed by atoms with E-state index in [9.17, 15) is 0 Å². The Labute approximate surface area is 58.0 Å². The molecule has 0 bridgehead atoms. The zero-order valence-corrected chi connectivity index (χ0v) is 6.72. The maximum atomic E-state index is 2.55. The van der Waals surface area contributed by atoms with E-state index >= 15 is 0 Å². The molecule has 1 saturated heterocycles. The topological polar surface area (TPSA) is 3.24 Å². The van der Waals surface area contributed by atoms with E-state index in [0.29, 0.717) is 0 Å². The Bertz CT molecular complexity index is 88.6. The van der Waals surface area contributed by atoms with Gasteiger partial charge in [-0.3, -0.25) is 0 Å². The first-order valence-electron chi connectivity index (χ1n) is 3.94. The fraction of sp³-hybridized carbons (Fsp3) is 1.00. The fourth-order valence-electron chi connectivity index (χ4n) is 1.31. The molecular weight excluding hydrogens is 110 g/mol. The van der Waals surface area contributed by atoms with Gasteiger partial charge >= 0.3 is 0 Å². The van der Waals surface area contributed by atoms with Gasteiger partial charge in [0.25, 0.3) is 0 Å². The zero-order valence-electron chi connectivity index (χ0n) is 6.72. The Kier molecular flexibility index (Phi) is 2.12. The van der Waals surface area contributed by atoms with Crippen LogP contribution in [0.1, 0.15) is 27.2 Å². The average Bonchev–Trinajstić information content (AvgIpc) is 1.79. The van der Waals surface area contributed by atoms with Crippen LogP contribution in [0.15, 0.2) is 0 Å². The van der Waals surface area contributed by atoms with Crippen molar-refractivity contribution in [3.05, 3.63) is 0 Å². The lowest BCUT2D eigenvalue weighted by atomic mass is 10.0. The van der Waals surface area contributed by atoms with E-state index in [1.54, 1.807) is 0 Å². The molecular formula is C8H17N. The molecule has 1 rings (SSSR count). The molecule has 0 saturated carbocycles. The second kappa shape index (κ2) is 2.70. The summed E-state index contributed by atoms with van der Waals surface area (Å²) in [6, 6.07) is 0.868. The minimum atomic E-state index is 0.841. The molecule has 9 heavy (non-hydrogen) atoms. The third-order valence-electron chi connectivity index (χ3n) is 2.06. The van der Waals surface area contributed by atoms with E-state index < -0.39 is 0 Å². The van der Waals surface area contributed by atoms with Gasteiger partial charge in [0.2, 0.25) is 0 Å². The van der Waals surface area contributed by atoms with Gasteiger partial charge in [0.15, 0.2) is 0 Å². The summed E-state index contributed by atoms with van der Waals surface area (Å²) in [6.45, 7) is 9.50. The summed E-state index contributed by atoms with van der Waals surface area (Å²) in [5, 5.41) is 0. The average molecular weight is 127 g/mol. The minimum Gasteiger partial charge on any atom is -0.300 e. The van der Waals surface area contributed by atoms with Crippen LogP contribution in [0.3, 0.4) is 0 Å². The first-order valence-corrected chi connectivity index (χ1v) is 3.94. The molecule has 0 aliphatic carbocycles. The molecule has 0 N–H and O–H groups in total. The van der Waals surface area contributed by atoms with Crippen molar-refractivity contribution >= 4 is 0 Å². The maximum absolute atomic E-state index is 2.55. The molecule has 0 spiro atoms. The van der Waals surface area contributed by atoms with Gasteiger partial charge in [-0.25, -0.2) is 0 Å². The van der Waals surface area contributed by atoms with Crippen LogP contribution < -0.4 is 0 Å². The van der Waals surface area contributed by atoms with Crippen LogP contribution in [0.5, 0.6) is 0 Å². The minimum absolute atomic E-state index is 0.841. The third-order valence-corrected chi connectivity index (χ3v) is 2.06. The van der Waals surface area contributed by atoms with Gasteiger partial charge in [0.1, 0.15) is 0 Å². The molecule has 0 aromatic heterocycles. The first kappa shape index (κ1) is 7.07. The van der Waals surface area contributed by atoms with Crippen molar-refractivity contribution < 1.29 is 0 Å². The highest BCUT2D eigenvalue weighted by Crippen LogP contribution is 2.17. The second-order valence-corrected chi connectivity index (χ2v) is 3.53. The van der Waals surface area contributed by atoms with Gasteiger partial charge in [-0.2, -0.15) is 0 Å². The molecule has 1 aliphatic heterocycles. The summed E-state index contributed by atoms with van der Waals surface area (Å²) in [5.41, 5.74) is 0. The second-order valence-electron chi connectivity index (χ2n) is 3.53. The lowest BCUT2D eigenvalue weighted by molar-refractivity contribution is 0.0900. The van der Waals surface area contributed by atoms with Crippen LogP contribution in [0.25, 0.3) is 0 Å². The molecule has 0 aromatic carbocycles. The van der Waals surface area contributed by atoms with Gasteiger partial charge in [-0.1, -0.05) is 13.8 Å². The van der Waals surface area contributed by atoms with Gasteiger partial charge in [-0.05, 0) is 25.8 Å². The monoisotopic (exact) mass is 127 g/mol. The maximum Gasteiger partial charge on any atom is 0.00792 e. The summed E-state index contributed by atoms with van der Waals surface area (Å²) in [7, 11) is 0. The molecule has 1 unspecified atom stereocenters. The molecule has 0 aromatic rings. The normalized spacial score (nSPS) is 28.7. The van der Waals surface area contributed by atoms with Crippen molar-refractivity contribution in [2.24, 2.45) is 5.92 Å². The number of likely N-dealkylation sites (tertiary alicyclic amines) is 1. The number of hydrogen-bond acceptors (Lipinski definition) is 1.